The van der Waals surface area contributed by atoms with Crippen LogP contribution >= 0.6 is 23.2 Å². The summed E-state index contributed by atoms with van der Waals surface area (Å²) in [6.45, 7) is 2.88. The van der Waals surface area contributed by atoms with Crippen LogP contribution < -0.4 is 5.32 Å². The fourth-order valence-corrected chi connectivity index (χ4v) is 1.65. The third-order valence-corrected chi connectivity index (χ3v) is 3.09. The lowest BCUT2D eigenvalue weighted by atomic mass is 10.2. The van der Waals surface area contributed by atoms with Crippen LogP contribution in [0.15, 0.2) is 18.2 Å². The first-order valence-electron chi connectivity index (χ1n) is 4.92. The summed E-state index contributed by atoms with van der Waals surface area (Å²) in [6.07, 6.45) is 0.734. The molecule has 2 nitrogen and oxygen atoms in total. The Balaban J connectivity index is 2.54. The minimum absolute atomic E-state index is 0.192. The summed E-state index contributed by atoms with van der Waals surface area (Å²) in [4.78, 5) is 0. The number of benzene rings is 1. The highest BCUT2D eigenvalue weighted by Gasteiger charge is 2.05. The molecule has 4 heteroatoms. The summed E-state index contributed by atoms with van der Waals surface area (Å²) >= 11 is 11.9. The van der Waals surface area contributed by atoms with Gasteiger partial charge >= 0.3 is 0 Å². The standard InChI is InChI=1S/C11H15Cl2NO/c1-8(5-6-15)14-7-9-3-2-4-10(12)11(9)13/h2-4,8,14-15H,5-7H2,1H3. The molecule has 0 aliphatic rings. The highest BCUT2D eigenvalue weighted by molar-refractivity contribution is 6.42. The van der Waals surface area contributed by atoms with Gasteiger partial charge in [-0.05, 0) is 25.0 Å². The van der Waals surface area contributed by atoms with Gasteiger partial charge in [0.25, 0.3) is 0 Å². The Kier molecular flexibility index (Phi) is 5.40. The molecule has 1 aromatic carbocycles. The fraction of sp³-hybridized carbons (Fsp3) is 0.455. The summed E-state index contributed by atoms with van der Waals surface area (Å²) in [5.74, 6) is 0. The van der Waals surface area contributed by atoms with E-state index in [0.29, 0.717) is 16.6 Å². The molecule has 0 fully saturated rings. The molecule has 1 atom stereocenters. The van der Waals surface area contributed by atoms with Crippen molar-refractivity contribution in [3.63, 3.8) is 0 Å². The minimum Gasteiger partial charge on any atom is -0.396 e. The van der Waals surface area contributed by atoms with E-state index in [2.05, 4.69) is 5.32 Å². The summed E-state index contributed by atoms with van der Waals surface area (Å²) in [5, 5.41) is 13.2. The van der Waals surface area contributed by atoms with Gasteiger partial charge in [-0.2, -0.15) is 0 Å². The van der Waals surface area contributed by atoms with Crippen LogP contribution in [0.5, 0.6) is 0 Å². The number of hydrogen-bond donors (Lipinski definition) is 2. The average molecular weight is 248 g/mol. The second-order valence-electron chi connectivity index (χ2n) is 3.51. The summed E-state index contributed by atoms with van der Waals surface area (Å²) in [7, 11) is 0. The summed E-state index contributed by atoms with van der Waals surface area (Å²) in [5.41, 5.74) is 0.981. The molecule has 15 heavy (non-hydrogen) atoms. The zero-order valence-electron chi connectivity index (χ0n) is 8.63. The molecule has 1 rings (SSSR count). The molecule has 0 saturated carbocycles. The van der Waals surface area contributed by atoms with Crippen molar-refractivity contribution in [2.24, 2.45) is 0 Å². The predicted molar refractivity (Wildman–Crippen MR) is 64.5 cm³/mol. The molecule has 0 bridgehead atoms. The lowest BCUT2D eigenvalue weighted by molar-refractivity contribution is 0.268. The van der Waals surface area contributed by atoms with Crippen LogP contribution in [0.3, 0.4) is 0 Å². The van der Waals surface area contributed by atoms with E-state index in [9.17, 15) is 0 Å². The van der Waals surface area contributed by atoms with Crippen LogP contribution in [0.25, 0.3) is 0 Å². The van der Waals surface area contributed by atoms with E-state index in [-0.39, 0.29) is 12.6 Å². The van der Waals surface area contributed by atoms with Crippen molar-refractivity contribution < 1.29 is 5.11 Å². The zero-order chi connectivity index (χ0) is 11.3. The molecule has 2 N–H and O–H groups in total. The van der Waals surface area contributed by atoms with Gasteiger partial charge in [0.05, 0.1) is 10.0 Å². The minimum atomic E-state index is 0.192. The van der Waals surface area contributed by atoms with Crippen LogP contribution in [0.4, 0.5) is 0 Å². The molecule has 0 heterocycles. The quantitative estimate of drug-likeness (QED) is 0.839. The van der Waals surface area contributed by atoms with Gasteiger partial charge in [-0.3, -0.25) is 0 Å². The normalized spacial score (nSPS) is 12.8. The van der Waals surface area contributed by atoms with E-state index in [4.69, 9.17) is 28.3 Å². The maximum atomic E-state index is 8.75. The van der Waals surface area contributed by atoms with Crippen molar-refractivity contribution in [1.29, 1.82) is 0 Å². The Bertz CT molecular complexity index is 317. The molecule has 0 aliphatic carbocycles. The van der Waals surface area contributed by atoms with E-state index in [1.54, 1.807) is 6.07 Å². The molecule has 0 spiro atoms. The van der Waals surface area contributed by atoms with Crippen LogP contribution in [0, 0.1) is 0 Å². The van der Waals surface area contributed by atoms with Crippen LogP contribution in [0.2, 0.25) is 10.0 Å². The monoisotopic (exact) mass is 247 g/mol. The van der Waals surface area contributed by atoms with Crippen molar-refractivity contribution in [3.05, 3.63) is 33.8 Å². The number of aliphatic hydroxyl groups excluding tert-OH is 1. The maximum Gasteiger partial charge on any atom is 0.0637 e. The number of rotatable bonds is 5. The molecule has 0 saturated heterocycles. The summed E-state index contributed by atoms with van der Waals surface area (Å²) in [6, 6.07) is 5.85. The number of hydrogen-bond acceptors (Lipinski definition) is 2. The van der Waals surface area contributed by atoms with Gasteiger partial charge in [0.2, 0.25) is 0 Å². The molecular formula is C11H15Cl2NO. The van der Waals surface area contributed by atoms with E-state index in [1.807, 2.05) is 19.1 Å². The highest BCUT2D eigenvalue weighted by Crippen LogP contribution is 2.25. The lowest BCUT2D eigenvalue weighted by Crippen LogP contribution is -2.26. The second-order valence-corrected chi connectivity index (χ2v) is 4.29. The molecule has 1 aromatic rings. The zero-order valence-corrected chi connectivity index (χ0v) is 10.1. The molecule has 0 aliphatic heterocycles. The third-order valence-electron chi connectivity index (χ3n) is 2.23. The van der Waals surface area contributed by atoms with Crippen LogP contribution in [0.1, 0.15) is 18.9 Å². The van der Waals surface area contributed by atoms with Crippen molar-refractivity contribution in [3.8, 4) is 0 Å². The van der Waals surface area contributed by atoms with Gasteiger partial charge in [-0.15, -0.1) is 0 Å². The molecule has 1 unspecified atom stereocenters. The first-order chi connectivity index (χ1) is 7.15. The van der Waals surface area contributed by atoms with Gasteiger partial charge in [0.15, 0.2) is 0 Å². The Morgan fingerprint density at radius 2 is 2.13 bits per heavy atom. The first kappa shape index (κ1) is 12.8. The van der Waals surface area contributed by atoms with Gasteiger partial charge in [-0.25, -0.2) is 0 Å². The first-order valence-corrected chi connectivity index (χ1v) is 5.68. The predicted octanol–water partition coefficient (Wildman–Crippen LogP) is 2.85. The van der Waals surface area contributed by atoms with Crippen molar-refractivity contribution in [1.82, 2.24) is 5.32 Å². The van der Waals surface area contributed by atoms with E-state index in [1.165, 1.54) is 0 Å². The topological polar surface area (TPSA) is 32.3 Å². The smallest absolute Gasteiger partial charge is 0.0637 e. The Hall–Kier alpha value is -0.280. The number of halogens is 2. The average Bonchev–Trinajstić information content (AvgIpc) is 2.21. The Morgan fingerprint density at radius 1 is 1.40 bits per heavy atom. The van der Waals surface area contributed by atoms with Crippen LogP contribution in [-0.2, 0) is 6.54 Å². The maximum absolute atomic E-state index is 8.75. The molecular weight excluding hydrogens is 233 g/mol. The van der Waals surface area contributed by atoms with Crippen molar-refractivity contribution >= 4 is 23.2 Å². The largest absolute Gasteiger partial charge is 0.396 e. The summed E-state index contributed by atoms with van der Waals surface area (Å²) < 4.78 is 0. The second kappa shape index (κ2) is 6.33. The van der Waals surface area contributed by atoms with E-state index < -0.39 is 0 Å². The van der Waals surface area contributed by atoms with Gasteiger partial charge in [0.1, 0.15) is 0 Å². The third kappa shape index (κ3) is 3.99. The number of nitrogens with one attached hydrogen (secondary N) is 1. The van der Waals surface area contributed by atoms with Crippen LogP contribution in [-0.4, -0.2) is 17.8 Å². The van der Waals surface area contributed by atoms with E-state index >= 15 is 0 Å². The molecule has 0 aromatic heterocycles. The van der Waals surface area contributed by atoms with Crippen molar-refractivity contribution in [2.45, 2.75) is 25.9 Å². The molecule has 0 amide bonds. The Morgan fingerprint density at radius 3 is 2.80 bits per heavy atom. The highest BCUT2D eigenvalue weighted by atomic mass is 35.5. The Labute approximate surface area is 100 Å². The molecule has 0 radical (unpaired) electrons. The van der Waals surface area contributed by atoms with Gasteiger partial charge < -0.3 is 10.4 Å². The number of aliphatic hydroxyl groups is 1. The van der Waals surface area contributed by atoms with Gasteiger partial charge in [0, 0.05) is 19.2 Å². The fourth-order valence-electron chi connectivity index (χ4n) is 1.26. The van der Waals surface area contributed by atoms with E-state index in [0.717, 1.165) is 12.0 Å². The van der Waals surface area contributed by atoms with Gasteiger partial charge in [-0.1, -0.05) is 35.3 Å². The van der Waals surface area contributed by atoms with Crippen molar-refractivity contribution in [2.75, 3.05) is 6.61 Å². The molecule has 84 valence electrons. The lowest BCUT2D eigenvalue weighted by Gasteiger charge is -2.13. The SMILES string of the molecule is CC(CCO)NCc1cccc(Cl)c1Cl.